The zero-order valence-electron chi connectivity index (χ0n) is 24.7. The first kappa shape index (κ1) is 30.1. The van der Waals surface area contributed by atoms with Crippen LogP contribution in [0.1, 0.15) is 77.3 Å². The quantitative estimate of drug-likeness (QED) is 0.157. The highest BCUT2D eigenvalue weighted by atomic mass is 32.2. The number of nitrogens with zero attached hydrogens (tertiary/aromatic N) is 2. The third kappa shape index (κ3) is 9.10. The third-order valence-corrected chi connectivity index (χ3v) is 9.28. The van der Waals surface area contributed by atoms with Crippen molar-refractivity contribution in [3.8, 4) is 0 Å². The molecule has 0 aliphatic carbocycles. The highest BCUT2D eigenvalue weighted by Gasteiger charge is 2.17. The molecule has 4 nitrogen and oxygen atoms in total. The first-order chi connectivity index (χ1) is 19.3. The Morgan fingerprint density at radius 3 is 2.65 bits per heavy atom. The van der Waals surface area contributed by atoms with Crippen molar-refractivity contribution >= 4 is 39.1 Å². The van der Waals surface area contributed by atoms with Crippen LogP contribution >= 0.6 is 23.1 Å². The van der Waals surface area contributed by atoms with E-state index >= 15 is 0 Å². The summed E-state index contributed by atoms with van der Waals surface area (Å²) in [5, 5.41) is 9.15. The van der Waals surface area contributed by atoms with Gasteiger partial charge in [0, 0.05) is 53.1 Å². The smallest absolute Gasteiger partial charge is 0.133 e. The first-order valence-corrected chi connectivity index (χ1v) is 16.2. The second kappa shape index (κ2) is 14.7. The van der Waals surface area contributed by atoms with Gasteiger partial charge in [0.25, 0.3) is 0 Å². The normalized spacial score (nSPS) is 13.0. The summed E-state index contributed by atoms with van der Waals surface area (Å²) in [4.78, 5) is 11.8. The summed E-state index contributed by atoms with van der Waals surface area (Å²) in [6.07, 6.45) is 14.2. The van der Waals surface area contributed by atoms with Crippen molar-refractivity contribution in [2.24, 2.45) is 11.3 Å². The van der Waals surface area contributed by atoms with Gasteiger partial charge in [0.2, 0.25) is 0 Å². The summed E-state index contributed by atoms with van der Waals surface area (Å²) in [6.45, 7) is 9.33. The van der Waals surface area contributed by atoms with Gasteiger partial charge in [-0.3, -0.25) is 4.98 Å². The lowest BCUT2D eigenvalue weighted by molar-refractivity contribution is 0.306. The van der Waals surface area contributed by atoms with Crippen LogP contribution in [0.2, 0.25) is 0 Å². The first-order valence-electron chi connectivity index (χ1n) is 14.5. The number of allylic oxidation sites excluding steroid dienone is 1. The van der Waals surface area contributed by atoms with E-state index in [1.165, 1.54) is 58.5 Å². The zero-order chi connectivity index (χ0) is 28.4. The Bertz CT molecular complexity index is 1370. The maximum absolute atomic E-state index is 4.93. The molecule has 0 fully saturated rings. The van der Waals surface area contributed by atoms with Crippen LogP contribution in [0.5, 0.6) is 0 Å². The number of unbranched alkanes of at least 4 members (excludes halogenated alkanes) is 1. The Balaban J connectivity index is 1.55. The minimum atomic E-state index is 0.369. The molecule has 3 heterocycles. The molecular weight excluding hydrogens is 529 g/mol. The topological polar surface area (TPSA) is 49.8 Å². The van der Waals surface area contributed by atoms with Crippen LogP contribution in [0.4, 0.5) is 5.82 Å². The van der Waals surface area contributed by atoms with Gasteiger partial charge in [-0.1, -0.05) is 89.1 Å². The second-order valence-electron chi connectivity index (χ2n) is 11.8. The number of rotatable bonds is 14. The number of hydrogen-bond acceptors (Lipinski definition) is 6. The molecule has 0 aliphatic rings. The molecule has 6 heteroatoms. The summed E-state index contributed by atoms with van der Waals surface area (Å²) >= 11 is 3.50. The molecule has 0 bridgehead atoms. The van der Waals surface area contributed by atoms with Gasteiger partial charge in [0.05, 0.1) is 10.2 Å². The summed E-state index contributed by atoms with van der Waals surface area (Å²) in [7, 11) is 2.03. The summed E-state index contributed by atoms with van der Waals surface area (Å²) in [6, 6.07) is 17.1. The minimum Gasteiger partial charge on any atom is -0.390 e. The van der Waals surface area contributed by atoms with E-state index in [4.69, 9.17) is 4.98 Å². The summed E-state index contributed by atoms with van der Waals surface area (Å²) in [5.41, 5.74) is 5.12. The van der Waals surface area contributed by atoms with Crippen molar-refractivity contribution in [1.29, 1.82) is 0 Å². The molecule has 4 aromatic rings. The molecule has 1 atom stereocenters. The summed E-state index contributed by atoms with van der Waals surface area (Å²) < 4.78 is 1.23. The molecule has 1 unspecified atom stereocenters. The van der Waals surface area contributed by atoms with Gasteiger partial charge in [-0.2, -0.15) is 0 Å². The predicted molar refractivity (Wildman–Crippen MR) is 174 cm³/mol. The molecular formula is C34H44N4S2. The van der Waals surface area contributed by atoms with Crippen molar-refractivity contribution in [1.82, 2.24) is 15.3 Å². The van der Waals surface area contributed by atoms with Gasteiger partial charge in [0.1, 0.15) is 5.82 Å². The zero-order valence-corrected chi connectivity index (χ0v) is 26.3. The standard InChI is InChI=1S/C34H44N4S2/c1-6-7-11-26(14-17-34(2,3)4)21-28(35-5)23-37-33-27(20-25-12-9-8-10-13-25)22-29(24-38-33)40-31-15-18-36-30-16-19-39-32(30)31/h8-10,12-13,15-16,18-19,22-24,26,35H,6-7,11,14,17,20-21H2,1-5H3,(H,37,38)/b28-23-. The van der Waals surface area contributed by atoms with E-state index in [2.05, 4.69) is 103 Å². The number of aromatic nitrogens is 2. The van der Waals surface area contributed by atoms with Crippen molar-refractivity contribution < 1.29 is 0 Å². The number of pyridine rings is 2. The van der Waals surface area contributed by atoms with Crippen LogP contribution in [-0.2, 0) is 6.42 Å². The molecule has 0 spiro atoms. The van der Waals surface area contributed by atoms with Crippen molar-refractivity contribution in [2.75, 3.05) is 12.4 Å². The van der Waals surface area contributed by atoms with E-state index < -0.39 is 0 Å². The third-order valence-electron chi connectivity index (χ3n) is 7.20. The fourth-order valence-corrected chi connectivity index (χ4v) is 6.77. The van der Waals surface area contributed by atoms with E-state index in [1.807, 2.05) is 19.4 Å². The van der Waals surface area contributed by atoms with Gasteiger partial charge < -0.3 is 10.6 Å². The Morgan fingerprint density at radius 2 is 1.90 bits per heavy atom. The van der Waals surface area contributed by atoms with Crippen molar-refractivity contribution in [3.63, 3.8) is 0 Å². The summed E-state index contributed by atoms with van der Waals surface area (Å²) in [5.74, 6) is 1.60. The van der Waals surface area contributed by atoms with Crippen LogP contribution in [-0.4, -0.2) is 17.0 Å². The molecule has 0 aliphatic heterocycles. The van der Waals surface area contributed by atoms with Crippen molar-refractivity contribution in [3.05, 3.63) is 89.3 Å². The van der Waals surface area contributed by atoms with Crippen LogP contribution in [0.3, 0.4) is 0 Å². The van der Waals surface area contributed by atoms with Crippen LogP contribution < -0.4 is 10.6 Å². The number of benzene rings is 1. The lowest BCUT2D eigenvalue weighted by atomic mass is 9.83. The Hall–Kier alpha value is -2.83. The number of hydrogen-bond donors (Lipinski definition) is 2. The molecule has 0 saturated heterocycles. The van der Waals surface area contributed by atoms with Crippen LogP contribution in [0, 0.1) is 11.3 Å². The predicted octanol–water partition coefficient (Wildman–Crippen LogP) is 9.93. The molecule has 0 radical (unpaired) electrons. The van der Waals surface area contributed by atoms with E-state index in [-0.39, 0.29) is 0 Å². The monoisotopic (exact) mass is 572 g/mol. The fraction of sp³-hybridized carbons (Fsp3) is 0.412. The van der Waals surface area contributed by atoms with Gasteiger partial charge in [0.15, 0.2) is 0 Å². The number of thiophene rings is 1. The van der Waals surface area contributed by atoms with Gasteiger partial charge in [-0.15, -0.1) is 11.3 Å². The molecule has 212 valence electrons. The average Bonchev–Trinajstić information content (AvgIpc) is 3.43. The van der Waals surface area contributed by atoms with Crippen LogP contribution in [0.25, 0.3) is 10.2 Å². The molecule has 1 aromatic carbocycles. The molecule has 0 amide bonds. The highest BCUT2D eigenvalue weighted by molar-refractivity contribution is 7.99. The van der Waals surface area contributed by atoms with Gasteiger partial charge in [-0.25, -0.2) is 4.98 Å². The Morgan fingerprint density at radius 1 is 1.07 bits per heavy atom. The molecule has 40 heavy (non-hydrogen) atoms. The molecule has 0 saturated carbocycles. The van der Waals surface area contributed by atoms with E-state index in [1.54, 1.807) is 23.1 Å². The molecule has 4 rings (SSSR count). The fourth-order valence-electron chi connectivity index (χ4n) is 4.86. The Kier molecular flexibility index (Phi) is 11.1. The minimum absolute atomic E-state index is 0.369. The second-order valence-corrected chi connectivity index (χ2v) is 13.8. The lowest BCUT2D eigenvalue weighted by Gasteiger charge is -2.24. The maximum Gasteiger partial charge on any atom is 0.133 e. The van der Waals surface area contributed by atoms with Gasteiger partial charge >= 0.3 is 0 Å². The van der Waals surface area contributed by atoms with Crippen molar-refractivity contribution in [2.45, 2.75) is 82.4 Å². The van der Waals surface area contributed by atoms with E-state index in [9.17, 15) is 0 Å². The van der Waals surface area contributed by atoms with E-state index in [0.29, 0.717) is 11.3 Å². The molecule has 3 aromatic heterocycles. The van der Waals surface area contributed by atoms with E-state index in [0.717, 1.165) is 29.1 Å². The number of fused-ring (bicyclic) bond motifs is 1. The largest absolute Gasteiger partial charge is 0.390 e. The van der Waals surface area contributed by atoms with Gasteiger partial charge in [-0.05, 0) is 59.7 Å². The Labute approximate surface area is 249 Å². The number of anilines is 1. The molecule has 2 N–H and O–H groups in total. The van der Waals surface area contributed by atoms with Crippen LogP contribution in [0.15, 0.2) is 88.0 Å². The number of nitrogens with one attached hydrogen (secondary N) is 2. The average molecular weight is 573 g/mol. The maximum atomic E-state index is 4.93. The SMILES string of the molecule is CCCCC(CCC(C)(C)C)C/C(=C/Nc1ncc(Sc2ccnc3ccsc23)cc1Cc1ccccc1)NC. The highest BCUT2D eigenvalue weighted by Crippen LogP contribution is 2.36. The lowest BCUT2D eigenvalue weighted by Crippen LogP contribution is -2.16.